The summed E-state index contributed by atoms with van der Waals surface area (Å²) in [6.45, 7) is 3.80. The highest BCUT2D eigenvalue weighted by Gasteiger charge is 2.13. The average Bonchev–Trinajstić information content (AvgIpc) is 2.93. The predicted molar refractivity (Wildman–Crippen MR) is 108 cm³/mol. The maximum Gasteiger partial charge on any atom is 0.337 e. The first-order valence-corrected chi connectivity index (χ1v) is 8.66. The Balaban J connectivity index is 1.95. The molecule has 0 fully saturated rings. The first kappa shape index (κ1) is 19.3. The lowest BCUT2D eigenvalue weighted by Crippen LogP contribution is -2.00. The van der Waals surface area contributed by atoms with Gasteiger partial charge in [-0.25, -0.2) is 4.79 Å². The molecular weight excluding hydrogens is 382 g/mol. The van der Waals surface area contributed by atoms with E-state index in [4.69, 9.17) is 16.7 Å². The van der Waals surface area contributed by atoms with Crippen LogP contribution in [0.2, 0.25) is 5.02 Å². The molecule has 7 nitrogen and oxygen atoms in total. The molecule has 0 atom stereocenters. The van der Waals surface area contributed by atoms with Crippen molar-refractivity contribution in [3.8, 4) is 5.69 Å². The number of hydrogen-bond donors (Lipinski definition) is 1. The van der Waals surface area contributed by atoms with Crippen LogP contribution in [0.5, 0.6) is 0 Å². The van der Waals surface area contributed by atoms with E-state index < -0.39 is 10.9 Å². The van der Waals surface area contributed by atoms with Gasteiger partial charge in [0.1, 0.15) is 0 Å². The molecule has 1 aromatic heterocycles. The molecule has 3 aromatic rings. The van der Waals surface area contributed by atoms with Gasteiger partial charge in [0.15, 0.2) is 0 Å². The number of aromatic carboxylic acids is 1. The molecule has 2 aromatic carbocycles. The topological polar surface area (TPSA) is 97.7 Å². The summed E-state index contributed by atoms with van der Waals surface area (Å²) in [5, 5.41) is 20.2. The maximum atomic E-state index is 11.0. The summed E-state index contributed by atoms with van der Waals surface area (Å²) in [6.07, 6.45) is 1.66. The largest absolute Gasteiger partial charge is 0.478 e. The molecule has 0 saturated carbocycles. The van der Waals surface area contributed by atoms with Crippen LogP contribution >= 0.6 is 11.6 Å². The number of aryl methyl sites for hydroxylation is 1. The summed E-state index contributed by atoms with van der Waals surface area (Å²) < 4.78 is 1.91. The van der Waals surface area contributed by atoms with Crippen molar-refractivity contribution in [2.24, 2.45) is 4.99 Å². The SMILES string of the molecule is Cc1cc(C=Nc2ccc(C(=O)O)c(Cl)c2)c(C)n1-c1cccc([N+](=O)[O-])c1. The van der Waals surface area contributed by atoms with Crippen molar-refractivity contribution in [3.05, 3.63) is 86.2 Å². The maximum absolute atomic E-state index is 11.0. The van der Waals surface area contributed by atoms with Crippen LogP contribution in [0, 0.1) is 24.0 Å². The van der Waals surface area contributed by atoms with Gasteiger partial charge in [-0.1, -0.05) is 17.7 Å². The van der Waals surface area contributed by atoms with E-state index >= 15 is 0 Å². The Hall–Kier alpha value is -3.45. The average molecular weight is 398 g/mol. The summed E-state index contributed by atoms with van der Waals surface area (Å²) >= 11 is 5.97. The summed E-state index contributed by atoms with van der Waals surface area (Å²) in [5.41, 5.74) is 3.86. The van der Waals surface area contributed by atoms with Gasteiger partial charge in [-0.2, -0.15) is 0 Å². The summed E-state index contributed by atoms with van der Waals surface area (Å²) in [4.78, 5) is 26.0. The standard InChI is InChI=1S/C20H16ClN3O4/c1-12-8-14(11-22-15-6-7-18(20(25)26)19(21)9-15)13(2)23(12)16-4-3-5-17(10-16)24(27)28/h3-11H,1-2H3,(H,25,26). The number of aromatic nitrogens is 1. The molecule has 0 spiro atoms. The van der Waals surface area contributed by atoms with Crippen molar-refractivity contribution >= 4 is 35.2 Å². The van der Waals surface area contributed by atoms with Gasteiger partial charge in [-0.15, -0.1) is 0 Å². The van der Waals surface area contributed by atoms with Crippen molar-refractivity contribution in [1.29, 1.82) is 0 Å². The molecule has 8 heteroatoms. The van der Waals surface area contributed by atoms with Crippen LogP contribution in [-0.4, -0.2) is 26.8 Å². The molecule has 0 amide bonds. The third-order valence-corrected chi connectivity index (χ3v) is 4.62. The van der Waals surface area contributed by atoms with Crippen LogP contribution in [0.15, 0.2) is 53.5 Å². The number of nitrogens with zero attached hydrogens (tertiary/aromatic N) is 3. The van der Waals surface area contributed by atoms with E-state index in [-0.39, 0.29) is 16.3 Å². The molecule has 0 unspecified atom stereocenters. The van der Waals surface area contributed by atoms with Gasteiger partial charge in [-0.05, 0) is 44.2 Å². The molecule has 3 rings (SSSR count). The molecule has 0 aliphatic heterocycles. The lowest BCUT2D eigenvalue weighted by molar-refractivity contribution is -0.384. The minimum Gasteiger partial charge on any atom is -0.478 e. The fourth-order valence-corrected chi connectivity index (χ4v) is 3.22. The molecular formula is C20H16ClN3O4. The van der Waals surface area contributed by atoms with Crippen molar-refractivity contribution in [2.45, 2.75) is 13.8 Å². The molecule has 142 valence electrons. The monoisotopic (exact) mass is 397 g/mol. The fraction of sp³-hybridized carbons (Fsp3) is 0.100. The van der Waals surface area contributed by atoms with Gasteiger partial charge in [0.25, 0.3) is 5.69 Å². The van der Waals surface area contributed by atoms with Crippen LogP contribution in [-0.2, 0) is 0 Å². The molecule has 0 radical (unpaired) electrons. The van der Waals surface area contributed by atoms with Crippen molar-refractivity contribution < 1.29 is 14.8 Å². The third kappa shape index (κ3) is 3.79. The van der Waals surface area contributed by atoms with Gasteiger partial charge >= 0.3 is 5.97 Å². The van der Waals surface area contributed by atoms with Gasteiger partial charge < -0.3 is 9.67 Å². The van der Waals surface area contributed by atoms with Crippen LogP contribution < -0.4 is 0 Å². The second-order valence-corrected chi connectivity index (χ2v) is 6.57. The van der Waals surface area contributed by atoms with Crippen LogP contribution in [0.25, 0.3) is 5.69 Å². The number of benzene rings is 2. The number of non-ortho nitro benzene ring substituents is 1. The van der Waals surface area contributed by atoms with E-state index in [1.807, 2.05) is 24.5 Å². The Morgan fingerprint density at radius 3 is 2.61 bits per heavy atom. The molecule has 28 heavy (non-hydrogen) atoms. The smallest absolute Gasteiger partial charge is 0.337 e. The van der Waals surface area contributed by atoms with Crippen LogP contribution in [0.1, 0.15) is 27.3 Å². The molecule has 0 bridgehead atoms. The lowest BCUT2D eigenvalue weighted by atomic mass is 10.2. The van der Waals surface area contributed by atoms with Gasteiger partial charge in [-0.3, -0.25) is 15.1 Å². The van der Waals surface area contributed by atoms with E-state index in [0.717, 1.165) is 17.0 Å². The Labute approximate surface area is 165 Å². The highest BCUT2D eigenvalue weighted by molar-refractivity contribution is 6.33. The Kier molecular flexibility index (Phi) is 5.28. The van der Waals surface area contributed by atoms with E-state index in [1.165, 1.54) is 24.3 Å². The zero-order chi connectivity index (χ0) is 20.4. The third-order valence-electron chi connectivity index (χ3n) is 4.30. The number of carboxylic acids is 1. The predicted octanol–water partition coefficient (Wildman–Crippen LogP) is 5.10. The number of hydrogen-bond acceptors (Lipinski definition) is 4. The van der Waals surface area contributed by atoms with Gasteiger partial charge in [0, 0.05) is 35.3 Å². The van der Waals surface area contributed by atoms with Crippen molar-refractivity contribution in [2.75, 3.05) is 0 Å². The minimum atomic E-state index is -1.10. The Morgan fingerprint density at radius 2 is 1.96 bits per heavy atom. The summed E-state index contributed by atoms with van der Waals surface area (Å²) in [7, 11) is 0. The number of carbonyl (C=O) groups is 1. The van der Waals surface area contributed by atoms with Crippen molar-refractivity contribution in [3.63, 3.8) is 0 Å². The quantitative estimate of drug-likeness (QED) is 0.367. The highest BCUT2D eigenvalue weighted by atomic mass is 35.5. The summed E-state index contributed by atoms with van der Waals surface area (Å²) in [6, 6.07) is 12.8. The minimum absolute atomic E-state index is 0.0180. The number of rotatable bonds is 5. The van der Waals surface area contributed by atoms with E-state index in [0.29, 0.717) is 11.4 Å². The highest BCUT2D eigenvalue weighted by Crippen LogP contribution is 2.25. The zero-order valence-electron chi connectivity index (χ0n) is 15.1. The van der Waals surface area contributed by atoms with Gasteiger partial charge in [0.2, 0.25) is 0 Å². The Bertz CT molecular complexity index is 1120. The summed E-state index contributed by atoms with van der Waals surface area (Å²) in [5.74, 6) is -1.10. The van der Waals surface area contributed by atoms with Gasteiger partial charge in [0.05, 0.1) is 26.9 Å². The second kappa shape index (κ2) is 7.66. The number of nitro groups is 1. The van der Waals surface area contributed by atoms with Crippen LogP contribution in [0.4, 0.5) is 11.4 Å². The molecule has 0 saturated heterocycles. The second-order valence-electron chi connectivity index (χ2n) is 6.17. The number of aliphatic imine (C=N–C) groups is 1. The normalized spacial score (nSPS) is 11.1. The fourth-order valence-electron chi connectivity index (χ4n) is 2.96. The first-order valence-electron chi connectivity index (χ1n) is 8.28. The molecule has 0 aliphatic carbocycles. The molecule has 0 aliphatic rings. The zero-order valence-corrected chi connectivity index (χ0v) is 15.8. The van der Waals surface area contributed by atoms with Crippen LogP contribution in [0.3, 0.4) is 0 Å². The van der Waals surface area contributed by atoms with Crippen molar-refractivity contribution in [1.82, 2.24) is 4.57 Å². The number of carboxylic acid groups (broad SMARTS) is 1. The van der Waals surface area contributed by atoms with E-state index in [9.17, 15) is 14.9 Å². The van der Waals surface area contributed by atoms with E-state index in [2.05, 4.69) is 4.99 Å². The number of nitro benzene ring substituents is 1. The molecule has 1 N–H and O–H groups in total. The van der Waals surface area contributed by atoms with E-state index in [1.54, 1.807) is 24.4 Å². The Morgan fingerprint density at radius 1 is 1.21 bits per heavy atom. The number of halogens is 1. The first-order chi connectivity index (χ1) is 13.3. The molecule has 1 heterocycles. The lowest BCUT2D eigenvalue weighted by Gasteiger charge is -2.09.